The first-order chi connectivity index (χ1) is 12.1. The van der Waals surface area contributed by atoms with Gasteiger partial charge in [-0.25, -0.2) is 9.67 Å². The summed E-state index contributed by atoms with van der Waals surface area (Å²) in [5.74, 6) is 4.89. The molecule has 0 radical (unpaired) electrons. The quantitative estimate of drug-likeness (QED) is 0.756. The lowest BCUT2D eigenvalue weighted by atomic mass is 10.1. The molecule has 1 aromatic heterocycles. The molecule has 1 aromatic carbocycles. The molecule has 0 aliphatic carbocycles. The molecule has 1 aliphatic heterocycles. The van der Waals surface area contributed by atoms with E-state index in [1.165, 1.54) is 0 Å². The van der Waals surface area contributed by atoms with Gasteiger partial charge in [0.15, 0.2) is 17.3 Å². The zero-order chi connectivity index (χ0) is 17.8. The highest BCUT2D eigenvalue weighted by Gasteiger charge is 2.17. The van der Waals surface area contributed by atoms with Crippen molar-refractivity contribution >= 4 is 10.8 Å². The summed E-state index contributed by atoms with van der Waals surface area (Å²) in [5.41, 5.74) is 0.893. The molecule has 136 valence electrons. The predicted molar refractivity (Wildman–Crippen MR) is 98.1 cm³/mol. The molecule has 6 nitrogen and oxygen atoms in total. The van der Waals surface area contributed by atoms with Gasteiger partial charge >= 0.3 is 0 Å². The molecule has 3 rings (SSSR count). The standard InChI is InChI=1S/C18H25N3O3S/c1-4-25(22)10-7-18-19-17(11-13(2)3)20-21(18)14-5-6-15-16(12-14)24-9-8-23-15/h5-6,12-13H,4,7-11H2,1-3H3/t25-/m1/s1. The van der Waals surface area contributed by atoms with Crippen LogP contribution in [0.3, 0.4) is 0 Å². The number of ether oxygens (including phenoxy) is 2. The fourth-order valence-corrected chi connectivity index (χ4v) is 3.42. The summed E-state index contributed by atoms with van der Waals surface area (Å²) in [6.07, 6.45) is 1.46. The Morgan fingerprint density at radius 2 is 2.00 bits per heavy atom. The van der Waals surface area contributed by atoms with Crippen LogP contribution in [0.1, 0.15) is 32.4 Å². The Labute approximate surface area is 151 Å². The van der Waals surface area contributed by atoms with E-state index in [1.54, 1.807) is 0 Å². The molecule has 0 N–H and O–H groups in total. The van der Waals surface area contributed by atoms with E-state index in [9.17, 15) is 4.21 Å². The average molecular weight is 363 g/mol. The Morgan fingerprint density at radius 1 is 1.24 bits per heavy atom. The summed E-state index contributed by atoms with van der Waals surface area (Å²) in [6.45, 7) is 7.36. The predicted octanol–water partition coefficient (Wildman–Crippen LogP) is 2.55. The molecule has 1 aliphatic rings. The van der Waals surface area contributed by atoms with E-state index in [1.807, 2.05) is 29.8 Å². The SMILES string of the molecule is CC[S@@](=O)CCc1nc(CC(C)C)nn1-c1ccc2c(c1)OCCO2. The van der Waals surface area contributed by atoms with Gasteiger partial charge < -0.3 is 9.47 Å². The minimum Gasteiger partial charge on any atom is -0.486 e. The molecule has 0 fully saturated rings. The molecule has 7 heteroatoms. The van der Waals surface area contributed by atoms with Gasteiger partial charge in [-0.2, -0.15) is 5.10 Å². The van der Waals surface area contributed by atoms with Crippen molar-refractivity contribution < 1.29 is 13.7 Å². The van der Waals surface area contributed by atoms with Crippen molar-refractivity contribution in [2.45, 2.75) is 33.6 Å². The maximum Gasteiger partial charge on any atom is 0.163 e. The van der Waals surface area contributed by atoms with Gasteiger partial charge in [-0.3, -0.25) is 4.21 Å². The van der Waals surface area contributed by atoms with E-state index >= 15 is 0 Å². The maximum atomic E-state index is 11.8. The van der Waals surface area contributed by atoms with Crippen LogP contribution in [0.5, 0.6) is 11.5 Å². The van der Waals surface area contributed by atoms with E-state index in [0.717, 1.165) is 35.3 Å². The van der Waals surface area contributed by atoms with Gasteiger partial charge in [0.25, 0.3) is 0 Å². The second-order valence-corrected chi connectivity index (χ2v) is 8.33. The summed E-state index contributed by atoms with van der Waals surface area (Å²) < 4.78 is 24.9. The van der Waals surface area contributed by atoms with Gasteiger partial charge in [0, 0.05) is 41.2 Å². The Morgan fingerprint density at radius 3 is 2.72 bits per heavy atom. The number of aromatic nitrogens is 3. The van der Waals surface area contributed by atoms with Crippen LogP contribution in [-0.2, 0) is 23.6 Å². The number of benzene rings is 1. The molecule has 0 saturated carbocycles. The first-order valence-electron chi connectivity index (χ1n) is 8.76. The van der Waals surface area contributed by atoms with Gasteiger partial charge in [-0.05, 0) is 18.1 Å². The largest absolute Gasteiger partial charge is 0.486 e. The van der Waals surface area contributed by atoms with Crippen molar-refractivity contribution in [3.63, 3.8) is 0 Å². The zero-order valence-electron chi connectivity index (χ0n) is 15.0. The van der Waals surface area contributed by atoms with Gasteiger partial charge in [0.1, 0.15) is 19.0 Å². The van der Waals surface area contributed by atoms with Crippen molar-refractivity contribution in [1.82, 2.24) is 14.8 Å². The van der Waals surface area contributed by atoms with Crippen LogP contribution in [0.4, 0.5) is 0 Å². The minimum atomic E-state index is -0.821. The van der Waals surface area contributed by atoms with Crippen molar-refractivity contribution in [2.75, 3.05) is 24.7 Å². The summed E-state index contributed by atoms with van der Waals surface area (Å²) in [4.78, 5) is 4.69. The molecule has 0 unspecified atom stereocenters. The fraction of sp³-hybridized carbons (Fsp3) is 0.556. The second kappa shape index (κ2) is 7.99. The Balaban J connectivity index is 1.92. The molecule has 2 aromatic rings. The van der Waals surface area contributed by atoms with E-state index in [-0.39, 0.29) is 0 Å². The summed E-state index contributed by atoms with van der Waals surface area (Å²) in [5, 5.41) is 4.68. The third kappa shape index (κ3) is 4.39. The van der Waals surface area contributed by atoms with Crippen LogP contribution >= 0.6 is 0 Å². The van der Waals surface area contributed by atoms with Crippen LogP contribution in [0, 0.1) is 5.92 Å². The van der Waals surface area contributed by atoms with Gasteiger partial charge in [-0.15, -0.1) is 0 Å². The van der Waals surface area contributed by atoms with Crippen molar-refractivity contribution in [1.29, 1.82) is 0 Å². The second-order valence-electron chi connectivity index (χ2n) is 6.46. The summed E-state index contributed by atoms with van der Waals surface area (Å²) in [7, 11) is -0.821. The average Bonchev–Trinajstić information content (AvgIpc) is 3.01. The molecule has 0 bridgehead atoms. The number of hydrogen-bond acceptors (Lipinski definition) is 5. The third-order valence-corrected chi connectivity index (χ3v) is 5.26. The van der Waals surface area contributed by atoms with Crippen LogP contribution in [-0.4, -0.2) is 43.7 Å². The maximum absolute atomic E-state index is 11.8. The summed E-state index contributed by atoms with van der Waals surface area (Å²) >= 11 is 0. The number of hydrogen-bond donors (Lipinski definition) is 0. The van der Waals surface area contributed by atoms with Gasteiger partial charge in [0.2, 0.25) is 0 Å². The smallest absolute Gasteiger partial charge is 0.163 e. The fourth-order valence-electron chi connectivity index (χ4n) is 2.73. The van der Waals surface area contributed by atoms with Gasteiger partial charge in [-0.1, -0.05) is 20.8 Å². The van der Waals surface area contributed by atoms with Crippen LogP contribution < -0.4 is 9.47 Å². The van der Waals surface area contributed by atoms with E-state index in [2.05, 4.69) is 18.9 Å². The molecule has 0 spiro atoms. The molecular weight excluding hydrogens is 338 g/mol. The molecule has 2 heterocycles. The zero-order valence-corrected chi connectivity index (χ0v) is 15.8. The first kappa shape index (κ1) is 17.9. The lowest BCUT2D eigenvalue weighted by Gasteiger charge is -2.19. The van der Waals surface area contributed by atoms with Crippen LogP contribution in [0.2, 0.25) is 0 Å². The molecule has 25 heavy (non-hydrogen) atoms. The third-order valence-electron chi connectivity index (χ3n) is 3.95. The highest BCUT2D eigenvalue weighted by molar-refractivity contribution is 7.84. The lowest BCUT2D eigenvalue weighted by molar-refractivity contribution is 0.171. The van der Waals surface area contributed by atoms with Crippen molar-refractivity contribution in [2.24, 2.45) is 5.92 Å². The van der Waals surface area contributed by atoms with E-state index in [0.29, 0.717) is 37.1 Å². The Bertz CT molecular complexity index is 758. The van der Waals surface area contributed by atoms with Crippen LogP contribution in [0.25, 0.3) is 5.69 Å². The lowest BCUT2D eigenvalue weighted by Crippen LogP contribution is -2.16. The number of nitrogens with zero attached hydrogens (tertiary/aromatic N) is 3. The number of fused-ring (bicyclic) bond motifs is 1. The molecular formula is C18H25N3O3S. The van der Waals surface area contributed by atoms with E-state index in [4.69, 9.17) is 14.5 Å². The monoisotopic (exact) mass is 363 g/mol. The number of rotatable bonds is 7. The topological polar surface area (TPSA) is 66.2 Å². The van der Waals surface area contributed by atoms with Crippen LogP contribution in [0.15, 0.2) is 18.2 Å². The minimum absolute atomic E-state index is 0.480. The summed E-state index contributed by atoms with van der Waals surface area (Å²) in [6, 6.07) is 5.80. The first-order valence-corrected chi connectivity index (χ1v) is 10.3. The molecule has 0 saturated heterocycles. The van der Waals surface area contributed by atoms with Gasteiger partial charge in [0.05, 0.1) is 5.69 Å². The Kier molecular flexibility index (Phi) is 5.73. The highest BCUT2D eigenvalue weighted by Crippen LogP contribution is 2.32. The van der Waals surface area contributed by atoms with Crippen molar-refractivity contribution in [3.05, 3.63) is 29.8 Å². The normalized spacial score (nSPS) is 14.7. The van der Waals surface area contributed by atoms with Crippen molar-refractivity contribution in [3.8, 4) is 17.2 Å². The molecule has 0 amide bonds. The Hall–Kier alpha value is -1.89. The highest BCUT2D eigenvalue weighted by atomic mass is 32.2. The van der Waals surface area contributed by atoms with E-state index < -0.39 is 10.8 Å². The number of aryl methyl sites for hydroxylation is 1. The molecule has 1 atom stereocenters.